The molecule has 3 nitrogen and oxygen atoms in total. The summed E-state index contributed by atoms with van der Waals surface area (Å²) in [5.41, 5.74) is 1.38. The van der Waals surface area contributed by atoms with Gasteiger partial charge < -0.3 is 5.32 Å². The van der Waals surface area contributed by atoms with Crippen LogP contribution in [-0.2, 0) is 0 Å². The Hall–Kier alpha value is -0.930. The SMILES string of the molecule is CN1CCNCCC1c1ccncc1. The van der Waals surface area contributed by atoms with Crippen LogP contribution in [0.4, 0.5) is 0 Å². The summed E-state index contributed by atoms with van der Waals surface area (Å²) in [6.07, 6.45) is 4.93. The molecule has 1 atom stereocenters. The Labute approximate surface area is 85.1 Å². The van der Waals surface area contributed by atoms with Gasteiger partial charge in [-0.05, 0) is 37.7 Å². The number of nitrogens with one attached hydrogen (secondary N) is 1. The van der Waals surface area contributed by atoms with Gasteiger partial charge in [-0.2, -0.15) is 0 Å². The zero-order valence-corrected chi connectivity index (χ0v) is 8.61. The fourth-order valence-electron chi connectivity index (χ4n) is 2.00. The molecule has 2 heterocycles. The van der Waals surface area contributed by atoms with Crippen LogP contribution in [0.3, 0.4) is 0 Å². The first-order valence-electron chi connectivity index (χ1n) is 5.19. The van der Waals surface area contributed by atoms with Crippen LogP contribution in [0.5, 0.6) is 0 Å². The van der Waals surface area contributed by atoms with E-state index in [2.05, 4.69) is 34.4 Å². The molecule has 1 aliphatic rings. The van der Waals surface area contributed by atoms with Gasteiger partial charge in [-0.25, -0.2) is 0 Å². The molecule has 0 radical (unpaired) electrons. The summed E-state index contributed by atoms with van der Waals surface area (Å²) in [4.78, 5) is 6.47. The number of aromatic nitrogens is 1. The lowest BCUT2D eigenvalue weighted by Crippen LogP contribution is -2.26. The Bertz CT molecular complexity index is 273. The molecule has 0 aliphatic carbocycles. The molecule has 0 saturated carbocycles. The van der Waals surface area contributed by atoms with Crippen molar-refractivity contribution in [3.05, 3.63) is 30.1 Å². The van der Waals surface area contributed by atoms with Gasteiger partial charge in [-0.15, -0.1) is 0 Å². The van der Waals surface area contributed by atoms with E-state index in [0.717, 1.165) is 19.6 Å². The summed E-state index contributed by atoms with van der Waals surface area (Å²) >= 11 is 0. The predicted octanol–water partition coefficient (Wildman–Crippen LogP) is 1.05. The molecule has 1 saturated heterocycles. The first-order chi connectivity index (χ1) is 6.88. The zero-order valence-electron chi connectivity index (χ0n) is 8.61. The van der Waals surface area contributed by atoms with Gasteiger partial charge in [0.1, 0.15) is 0 Å². The molecule has 1 unspecified atom stereocenters. The van der Waals surface area contributed by atoms with Crippen LogP contribution in [0.15, 0.2) is 24.5 Å². The van der Waals surface area contributed by atoms with Crippen molar-refractivity contribution in [1.82, 2.24) is 15.2 Å². The van der Waals surface area contributed by atoms with Crippen molar-refractivity contribution in [2.24, 2.45) is 0 Å². The third kappa shape index (κ3) is 2.11. The fourth-order valence-corrected chi connectivity index (χ4v) is 2.00. The highest BCUT2D eigenvalue weighted by atomic mass is 15.2. The topological polar surface area (TPSA) is 28.2 Å². The summed E-state index contributed by atoms with van der Waals surface area (Å²) in [6, 6.07) is 4.78. The summed E-state index contributed by atoms with van der Waals surface area (Å²) in [5.74, 6) is 0. The highest BCUT2D eigenvalue weighted by Crippen LogP contribution is 2.22. The van der Waals surface area contributed by atoms with Crippen LogP contribution in [0.1, 0.15) is 18.0 Å². The van der Waals surface area contributed by atoms with Gasteiger partial charge in [0.05, 0.1) is 0 Å². The highest BCUT2D eigenvalue weighted by molar-refractivity contribution is 5.15. The van der Waals surface area contributed by atoms with Crippen molar-refractivity contribution < 1.29 is 0 Å². The van der Waals surface area contributed by atoms with E-state index in [9.17, 15) is 0 Å². The lowest BCUT2D eigenvalue weighted by Gasteiger charge is -2.25. The number of rotatable bonds is 1. The van der Waals surface area contributed by atoms with Crippen LogP contribution in [0.2, 0.25) is 0 Å². The number of hydrogen-bond donors (Lipinski definition) is 1. The molecule has 0 aromatic carbocycles. The summed E-state index contributed by atoms with van der Waals surface area (Å²) in [6.45, 7) is 3.32. The van der Waals surface area contributed by atoms with E-state index in [0.29, 0.717) is 6.04 Å². The second kappa shape index (κ2) is 4.53. The molecule has 3 heteroatoms. The van der Waals surface area contributed by atoms with Crippen LogP contribution >= 0.6 is 0 Å². The molecule has 0 bridgehead atoms. The van der Waals surface area contributed by atoms with Gasteiger partial charge in [0, 0.05) is 31.5 Å². The monoisotopic (exact) mass is 191 g/mol. The molecule has 76 valence electrons. The van der Waals surface area contributed by atoms with E-state index < -0.39 is 0 Å². The van der Waals surface area contributed by atoms with E-state index in [1.54, 1.807) is 0 Å². The summed E-state index contributed by atoms with van der Waals surface area (Å²) < 4.78 is 0. The number of likely N-dealkylation sites (N-methyl/N-ethyl adjacent to an activating group) is 1. The van der Waals surface area contributed by atoms with Gasteiger partial charge in [-0.3, -0.25) is 9.88 Å². The maximum Gasteiger partial charge on any atom is 0.0358 e. The van der Waals surface area contributed by atoms with Crippen LogP contribution in [0.25, 0.3) is 0 Å². The Morgan fingerprint density at radius 1 is 1.36 bits per heavy atom. The van der Waals surface area contributed by atoms with E-state index in [1.807, 2.05) is 12.4 Å². The molecule has 1 aliphatic heterocycles. The van der Waals surface area contributed by atoms with E-state index in [-0.39, 0.29) is 0 Å². The molecule has 1 aromatic heterocycles. The second-order valence-electron chi connectivity index (χ2n) is 3.82. The van der Waals surface area contributed by atoms with E-state index in [1.165, 1.54) is 12.0 Å². The van der Waals surface area contributed by atoms with Gasteiger partial charge >= 0.3 is 0 Å². The van der Waals surface area contributed by atoms with Gasteiger partial charge in [0.25, 0.3) is 0 Å². The minimum Gasteiger partial charge on any atom is -0.315 e. The first-order valence-corrected chi connectivity index (χ1v) is 5.19. The Balaban J connectivity index is 2.15. The molecule has 2 rings (SSSR count). The quantitative estimate of drug-likeness (QED) is 0.719. The van der Waals surface area contributed by atoms with E-state index in [4.69, 9.17) is 0 Å². The number of nitrogens with zero attached hydrogens (tertiary/aromatic N) is 2. The zero-order chi connectivity index (χ0) is 9.80. The molecule has 1 N–H and O–H groups in total. The van der Waals surface area contributed by atoms with Crippen molar-refractivity contribution >= 4 is 0 Å². The Morgan fingerprint density at radius 2 is 2.14 bits per heavy atom. The molecular formula is C11H17N3. The lowest BCUT2D eigenvalue weighted by molar-refractivity contribution is 0.258. The smallest absolute Gasteiger partial charge is 0.0358 e. The molecule has 1 aromatic rings. The summed E-state index contributed by atoms with van der Waals surface area (Å²) in [7, 11) is 2.19. The van der Waals surface area contributed by atoms with Crippen molar-refractivity contribution in [3.63, 3.8) is 0 Å². The van der Waals surface area contributed by atoms with Crippen molar-refractivity contribution in [2.75, 3.05) is 26.7 Å². The van der Waals surface area contributed by atoms with Gasteiger partial charge in [0.2, 0.25) is 0 Å². The Morgan fingerprint density at radius 3 is 2.93 bits per heavy atom. The molecule has 0 spiro atoms. The molecule has 0 amide bonds. The third-order valence-corrected chi connectivity index (χ3v) is 2.86. The molecular weight excluding hydrogens is 174 g/mol. The Kier molecular flexibility index (Phi) is 3.11. The standard InChI is InChI=1S/C11H17N3/c1-14-9-8-13-7-4-11(14)10-2-5-12-6-3-10/h2-3,5-6,11,13H,4,7-9H2,1H3. The van der Waals surface area contributed by atoms with E-state index >= 15 is 0 Å². The predicted molar refractivity (Wildman–Crippen MR) is 57.1 cm³/mol. The van der Waals surface area contributed by atoms with Crippen LogP contribution in [0, 0.1) is 0 Å². The van der Waals surface area contributed by atoms with Gasteiger partial charge in [-0.1, -0.05) is 0 Å². The minimum atomic E-state index is 0.549. The maximum atomic E-state index is 4.05. The average molecular weight is 191 g/mol. The van der Waals surface area contributed by atoms with Gasteiger partial charge in [0.15, 0.2) is 0 Å². The largest absolute Gasteiger partial charge is 0.315 e. The average Bonchev–Trinajstić information content (AvgIpc) is 2.44. The van der Waals surface area contributed by atoms with Crippen molar-refractivity contribution in [3.8, 4) is 0 Å². The number of pyridine rings is 1. The summed E-state index contributed by atoms with van der Waals surface area (Å²) in [5, 5.41) is 3.42. The van der Waals surface area contributed by atoms with Crippen LogP contribution in [-0.4, -0.2) is 36.6 Å². The highest BCUT2D eigenvalue weighted by Gasteiger charge is 2.18. The molecule has 14 heavy (non-hydrogen) atoms. The van der Waals surface area contributed by atoms with Crippen LogP contribution < -0.4 is 5.32 Å². The van der Waals surface area contributed by atoms with Crippen molar-refractivity contribution in [1.29, 1.82) is 0 Å². The number of hydrogen-bond acceptors (Lipinski definition) is 3. The fraction of sp³-hybridized carbons (Fsp3) is 0.545. The normalized spacial score (nSPS) is 24.5. The second-order valence-corrected chi connectivity index (χ2v) is 3.82. The third-order valence-electron chi connectivity index (χ3n) is 2.86. The van der Waals surface area contributed by atoms with Crippen molar-refractivity contribution in [2.45, 2.75) is 12.5 Å². The maximum absolute atomic E-state index is 4.05. The molecule has 1 fully saturated rings. The lowest BCUT2D eigenvalue weighted by atomic mass is 10.0. The minimum absolute atomic E-state index is 0.549. The first kappa shape index (κ1) is 9.62.